The van der Waals surface area contributed by atoms with E-state index in [9.17, 15) is 8.78 Å². The van der Waals surface area contributed by atoms with Crippen LogP contribution in [0.4, 0.5) is 8.78 Å². The summed E-state index contributed by atoms with van der Waals surface area (Å²) in [5.74, 6) is -0.376. The summed E-state index contributed by atoms with van der Waals surface area (Å²) in [5.41, 5.74) is 6.61. The van der Waals surface area contributed by atoms with E-state index in [-0.39, 0.29) is 6.04 Å². The fourth-order valence-corrected chi connectivity index (χ4v) is 1.85. The maximum Gasteiger partial charge on any atom is 0.126 e. The van der Waals surface area contributed by atoms with E-state index < -0.39 is 11.6 Å². The summed E-state index contributed by atoms with van der Waals surface area (Å²) < 4.78 is 25.7. The van der Waals surface area contributed by atoms with Crippen LogP contribution >= 0.6 is 0 Å². The van der Waals surface area contributed by atoms with Gasteiger partial charge in [-0.1, -0.05) is 0 Å². The molecule has 1 unspecified atom stereocenters. The van der Waals surface area contributed by atoms with Crippen LogP contribution in [0.15, 0.2) is 18.2 Å². The van der Waals surface area contributed by atoms with Gasteiger partial charge in [0.1, 0.15) is 11.6 Å². The van der Waals surface area contributed by atoms with Crippen molar-refractivity contribution in [2.75, 3.05) is 0 Å². The number of rotatable bonds is 4. The highest BCUT2D eigenvalue weighted by Crippen LogP contribution is 2.33. The first kappa shape index (κ1) is 10.6. The average molecular weight is 211 g/mol. The zero-order valence-electron chi connectivity index (χ0n) is 8.55. The van der Waals surface area contributed by atoms with Gasteiger partial charge in [0, 0.05) is 12.1 Å². The van der Waals surface area contributed by atoms with Crippen molar-refractivity contribution in [2.45, 2.75) is 31.7 Å². The quantitative estimate of drug-likeness (QED) is 0.814. The Morgan fingerprint density at radius 1 is 1.20 bits per heavy atom. The van der Waals surface area contributed by atoms with E-state index in [1.54, 1.807) is 0 Å². The third-order valence-corrected chi connectivity index (χ3v) is 2.92. The van der Waals surface area contributed by atoms with E-state index in [1.165, 1.54) is 25.0 Å². The van der Waals surface area contributed by atoms with Crippen LogP contribution in [0.1, 0.15) is 24.8 Å². The number of hydrogen-bond acceptors (Lipinski definition) is 1. The van der Waals surface area contributed by atoms with Gasteiger partial charge in [-0.05, 0) is 49.3 Å². The molecule has 0 bridgehead atoms. The van der Waals surface area contributed by atoms with Crippen LogP contribution in [0.5, 0.6) is 0 Å². The summed E-state index contributed by atoms with van der Waals surface area (Å²) in [6, 6.07) is 3.84. The van der Waals surface area contributed by atoms with E-state index >= 15 is 0 Å². The molecule has 0 aromatic heterocycles. The molecule has 1 saturated carbocycles. The summed E-state index contributed by atoms with van der Waals surface area (Å²) in [7, 11) is 0. The van der Waals surface area contributed by atoms with E-state index in [4.69, 9.17) is 5.73 Å². The molecule has 2 rings (SSSR count). The first-order valence-electron chi connectivity index (χ1n) is 5.35. The number of aryl methyl sites for hydroxylation is 1. The molecule has 1 atom stereocenters. The monoisotopic (exact) mass is 211 g/mol. The zero-order chi connectivity index (χ0) is 10.8. The minimum absolute atomic E-state index is 0.191. The lowest BCUT2D eigenvalue weighted by Gasteiger charge is -2.09. The van der Waals surface area contributed by atoms with Crippen molar-refractivity contribution in [3.63, 3.8) is 0 Å². The highest BCUT2D eigenvalue weighted by atomic mass is 19.1. The minimum Gasteiger partial charge on any atom is -0.327 e. The summed E-state index contributed by atoms with van der Waals surface area (Å²) in [6.45, 7) is 0. The summed E-state index contributed by atoms with van der Waals surface area (Å²) in [5, 5.41) is 0. The van der Waals surface area contributed by atoms with Crippen LogP contribution in [-0.2, 0) is 6.42 Å². The fraction of sp³-hybridized carbons (Fsp3) is 0.500. The van der Waals surface area contributed by atoms with Crippen molar-refractivity contribution in [2.24, 2.45) is 11.7 Å². The van der Waals surface area contributed by atoms with Crippen molar-refractivity contribution in [3.05, 3.63) is 35.4 Å². The van der Waals surface area contributed by atoms with Crippen molar-refractivity contribution in [3.8, 4) is 0 Å². The van der Waals surface area contributed by atoms with E-state index in [0.717, 1.165) is 12.5 Å². The molecule has 0 radical (unpaired) electrons. The van der Waals surface area contributed by atoms with Crippen molar-refractivity contribution < 1.29 is 8.78 Å². The van der Waals surface area contributed by atoms with Crippen LogP contribution < -0.4 is 5.73 Å². The Balaban J connectivity index is 1.91. The lowest BCUT2D eigenvalue weighted by Crippen LogP contribution is -2.22. The molecule has 82 valence electrons. The maximum atomic E-state index is 12.9. The molecule has 0 amide bonds. The molecule has 1 aliphatic rings. The zero-order valence-corrected chi connectivity index (χ0v) is 8.55. The molecule has 3 heteroatoms. The third kappa shape index (κ3) is 2.99. The highest BCUT2D eigenvalue weighted by molar-refractivity contribution is 5.18. The Bertz CT molecular complexity index is 327. The van der Waals surface area contributed by atoms with Crippen LogP contribution in [0.25, 0.3) is 0 Å². The van der Waals surface area contributed by atoms with Gasteiger partial charge in [0.25, 0.3) is 0 Å². The molecule has 1 aromatic carbocycles. The highest BCUT2D eigenvalue weighted by Gasteiger charge is 2.27. The molecular formula is C12H15F2N. The Labute approximate surface area is 88.3 Å². The molecule has 0 aliphatic heterocycles. The van der Waals surface area contributed by atoms with Gasteiger partial charge in [0.2, 0.25) is 0 Å². The van der Waals surface area contributed by atoms with Crippen LogP contribution in [0.2, 0.25) is 0 Å². The van der Waals surface area contributed by atoms with Crippen molar-refractivity contribution in [1.29, 1.82) is 0 Å². The Kier molecular flexibility index (Phi) is 3.00. The number of halogens is 2. The van der Waals surface area contributed by atoms with Crippen molar-refractivity contribution in [1.82, 2.24) is 0 Å². The van der Waals surface area contributed by atoms with Gasteiger partial charge < -0.3 is 5.73 Å². The molecule has 2 N–H and O–H groups in total. The molecule has 1 nitrogen and oxygen atoms in total. The molecule has 0 heterocycles. The molecule has 1 aromatic rings. The molecule has 0 spiro atoms. The van der Waals surface area contributed by atoms with Crippen LogP contribution in [0, 0.1) is 17.6 Å². The van der Waals surface area contributed by atoms with E-state index in [0.29, 0.717) is 17.9 Å². The molecule has 1 fully saturated rings. The summed E-state index contributed by atoms with van der Waals surface area (Å²) in [4.78, 5) is 0. The average Bonchev–Trinajstić information content (AvgIpc) is 2.95. The Morgan fingerprint density at radius 2 is 1.80 bits per heavy atom. The number of benzene rings is 1. The first-order chi connectivity index (χ1) is 7.15. The Hall–Kier alpha value is -0.960. The lowest BCUT2D eigenvalue weighted by molar-refractivity contribution is 0.543. The minimum atomic E-state index is -0.509. The predicted octanol–water partition coefficient (Wildman–Crippen LogP) is 2.63. The second-order valence-corrected chi connectivity index (χ2v) is 4.32. The lowest BCUT2D eigenvalue weighted by atomic mass is 10.0. The van der Waals surface area contributed by atoms with Gasteiger partial charge in [-0.15, -0.1) is 0 Å². The molecular weight excluding hydrogens is 196 g/mol. The molecule has 15 heavy (non-hydrogen) atoms. The van der Waals surface area contributed by atoms with Gasteiger partial charge in [0.15, 0.2) is 0 Å². The van der Waals surface area contributed by atoms with Gasteiger partial charge in [-0.25, -0.2) is 8.78 Å². The molecule has 1 aliphatic carbocycles. The fourth-order valence-electron chi connectivity index (χ4n) is 1.85. The normalized spacial score (nSPS) is 17.8. The second kappa shape index (κ2) is 4.27. The number of hydrogen-bond donors (Lipinski definition) is 1. The van der Waals surface area contributed by atoms with Gasteiger partial charge >= 0.3 is 0 Å². The topological polar surface area (TPSA) is 26.0 Å². The number of nitrogens with two attached hydrogens (primary N) is 1. The van der Waals surface area contributed by atoms with E-state index in [1.807, 2.05) is 0 Å². The van der Waals surface area contributed by atoms with Crippen LogP contribution in [-0.4, -0.2) is 6.04 Å². The van der Waals surface area contributed by atoms with Crippen LogP contribution in [0.3, 0.4) is 0 Å². The second-order valence-electron chi connectivity index (χ2n) is 4.32. The van der Waals surface area contributed by atoms with E-state index in [2.05, 4.69) is 0 Å². The van der Waals surface area contributed by atoms with Gasteiger partial charge in [0.05, 0.1) is 0 Å². The SMILES string of the molecule is NC(CCc1cc(F)cc(F)c1)C1CC1. The predicted molar refractivity (Wildman–Crippen MR) is 55.4 cm³/mol. The maximum absolute atomic E-state index is 12.9. The van der Waals surface area contributed by atoms with Crippen molar-refractivity contribution >= 4 is 0 Å². The largest absolute Gasteiger partial charge is 0.327 e. The molecule has 0 saturated heterocycles. The van der Waals surface area contributed by atoms with Gasteiger partial charge in [-0.2, -0.15) is 0 Å². The summed E-state index contributed by atoms with van der Waals surface area (Å²) in [6.07, 6.45) is 3.89. The first-order valence-corrected chi connectivity index (χ1v) is 5.35. The van der Waals surface area contributed by atoms with Gasteiger partial charge in [-0.3, -0.25) is 0 Å². The third-order valence-electron chi connectivity index (χ3n) is 2.92. The summed E-state index contributed by atoms with van der Waals surface area (Å²) >= 11 is 0. The smallest absolute Gasteiger partial charge is 0.126 e. The standard InChI is InChI=1S/C12H15F2N/c13-10-5-8(6-11(14)7-10)1-4-12(15)9-2-3-9/h5-7,9,12H,1-4,15H2. The Morgan fingerprint density at radius 3 is 2.33 bits per heavy atom.